The molecule has 29 heavy (non-hydrogen) atoms. The molecule has 0 atom stereocenters. The molecule has 2 aliphatic carbocycles. The monoisotopic (exact) mass is 414 g/mol. The van der Waals surface area contributed by atoms with Crippen LogP contribution in [0.25, 0.3) is 0 Å². The van der Waals surface area contributed by atoms with Crippen LogP contribution in [0.3, 0.4) is 0 Å². The Morgan fingerprint density at radius 2 is 1.76 bits per heavy atom. The van der Waals surface area contributed by atoms with E-state index in [1.165, 1.54) is 0 Å². The molecule has 0 heterocycles. The van der Waals surface area contributed by atoms with E-state index in [0.717, 1.165) is 62.0 Å². The Bertz CT molecular complexity index is 853. The molecule has 0 aromatic heterocycles. The van der Waals surface area contributed by atoms with E-state index in [2.05, 4.69) is 0 Å². The minimum Gasteiger partial charge on any atom is -0.481 e. The van der Waals surface area contributed by atoms with Crippen LogP contribution in [0, 0.1) is 5.41 Å². The molecular weight excluding hydrogens is 388 g/mol. The molecule has 4 nitrogen and oxygen atoms in total. The van der Waals surface area contributed by atoms with Gasteiger partial charge in [-0.1, -0.05) is 29.8 Å². The summed E-state index contributed by atoms with van der Waals surface area (Å²) in [6, 6.07) is 15.3. The third kappa shape index (κ3) is 4.76. The van der Waals surface area contributed by atoms with Crippen LogP contribution >= 0.6 is 11.6 Å². The summed E-state index contributed by atoms with van der Waals surface area (Å²) < 4.78 is 12.6. The van der Waals surface area contributed by atoms with Crippen molar-refractivity contribution in [2.24, 2.45) is 5.41 Å². The molecule has 0 aliphatic heterocycles. The predicted molar refractivity (Wildman–Crippen MR) is 112 cm³/mol. The number of halogens is 1. The first kappa shape index (κ1) is 20.2. The highest BCUT2D eigenvalue weighted by Crippen LogP contribution is 2.60. The highest BCUT2D eigenvalue weighted by Gasteiger charge is 2.54. The van der Waals surface area contributed by atoms with Crippen molar-refractivity contribution in [3.8, 4) is 11.5 Å². The van der Waals surface area contributed by atoms with Gasteiger partial charge in [-0.2, -0.15) is 0 Å². The van der Waals surface area contributed by atoms with Gasteiger partial charge < -0.3 is 14.6 Å². The number of ether oxygens (including phenoxy) is 2. The van der Waals surface area contributed by atoms with E-state index in [4.69, 9.17) is 26.2 Å². The minimum absolute atomic E-state index is 0.0589. The van der Waals surface area contributed by atoms with E-state index in [9.17, 15) is 4.79 Å². The van der Waals surface area contributed by atoms with E-state index in [1.807, 2.05) is 48.5 Å². The van der Waals surface area contributed by atoms with E-state index in [0.29, 0.717) is 11.6 Å². The van der Waals surface area contributed by atoms with Crippen molar-refractivity contribution in [2.45, 2.75) is 63.6 Å². The highest BCUT2D eigenvalue weighted by atomic mass is 35.5. The summed E-state index contributed by atoms with van der Waals surface area (Å²) in [5.41, 5.74) is 1.26. The second kappa shape index (κ2) is 8.37. The van der Waals surface area contributed by atoms with Crippen LogP contribution in [-0.4, -0.2) is 16.7 Å². The summed E-state index contributed by atoms with van der Waals surface area (Å²) in [7, 11) is 0. The average Bonchev–Trinajstić information content (AvgIpc) is 3.25. The van der Waals surface area contributed by atoms with Crippen molar-refractivity contribution in [1.82, 2.24) is 0 Å². The summed E-state index contributed by atoms with van der Waals surface area (Å²) in [4.78, 5) is 10.8. The van der Waals surface area contributed by atoms with Crippen LogP contribution in [0.1, 0.15) is 56.9 Å². The molecule has 4 rings (SSSR count). The van der Waals surface area contributed by atoms with Gasteiger partial charge in [0.2, 0.25) is 0 Å². The van der Waals surface area contributed by atoms with E-state index >= 15 is 0 Å². The highest BCUT2D eigenvalue weighted by molar-refractivity contribution is 6.30. The van der Waals surface area contributed by atoms with E-state index < -0.39 is 5.97 Å². The molecule has 2 aromatic rings. The summed E-state index contributed by atoms with van der Waals surface area (Å²) >= 11 is 5.96. The first-order valence-corrected chi connectivity index (χ1v) is 10.7. The molecule has 2 fully saturated rings. The van der Waals surface area contributed by atoms with Gasteiger partial charge in [-0.05, 0) is 80.7 Å². The zero-order chi connectivity index (χ0) is 20.3. The van der Waals surface area contributed by atoms with Crippen molar-refractivity contribution in [1.29, 1.82) is 0 Å². The quantitative estimate of drug-likeness (QED) is 0.501. The number of aliphatic carboxylic acids is 1. The first-order valence-electron chi connectivity index (χ1n) is 10.3. The van der Waals surface area contributed by atoms with E-state index in [1.54, 1.807) is 0 Å². The third-order valence-electron chi connectivity index (χ3n) is 6.56. The number of fused-ring (bicyclic) bond motifs is 2. The molecule has 2 bridgehead atoms. The van der Waals surface area contributed by atoms with Crippen molar-refractivity contribution in [3.63, 3.8) is 0 Å². The second-order valence-electron chi connectivity index (χ2n) is 8.56. The lowest BCUT2D eigenvalue weighted by Gasteiger charge is -2.28. The van der Waals surface area contributed by atoms with Crippen LogP contribution in [0.4, 0.5) is 0 Å². The Morgan fingerprint density at radius 1 is 1.03 bits per heavy atom. The van der Waals surface area contributed by atoms with E-state index in [-0.39, 0.29) is 17.4 Å². The lowest BCUT2D eigenvalue weighted by atomic mass is 9.80. The molecule has 0 unspecified atom stereocenters. The SMILES string of the molecule is O=C(O)CCCC12CCC(OCc3ccccc3Oc3ccc(Cl)cc3)(CC1)C2. The minimum atomic E-state index is -0.697. The fraction of sp³-hybridized carbons (Fsp3) is 0.458. The van der Waals surface area contributed by atoms with Gasteiger partial charge in [-0.3, -0.25) is 4.79 Å². The molecule has 1 N–H and O–H groups in total. The normalized spacial score (nSPS) is 25.3. The molecule has 0 amide bonds. The van der Waals surface area contributed by atoms with Crippen molar-refractivity contribution in [3.05, 3.63) is 59.1 Å². The lowest BCUT2D eigenvalue weighted by Crippen LogP contribution is -2.26. The van der Waals surface area contributed by atoms with Crippen LogP contribution in [-0.2, 0) is 16.1 Å². The van der Waals surface area contributed by atoms with Gasteiger partial charge in [0.05, 0.1) is 12.2 Å². The van der Waals surface area contributed by atoms with Crippen LogP contribution < -0.4 is 4.74 Å². The van der Waals surface area contributed by atoms with Crippen LogP contribution in [0.15, 0.2) is 48.5 Å². The topological polar surface area (TPSA) is 55.8 Å². The van der Waals surface area contributed by atoms with Gasteiger partial charge in [-0.25, -0.2) is 0 Å². The number of para-hydroxylation sites is 1. The lowest BCUT2D eigenvalue weighted by molar-refractivity contribution is -0.137. The Morgan fingerprint density at radius 3 is 2.48 bits per heavy atom. The maximum atomic E-state index is 10.8. The molecule has 2 saturated carbocycles. The Kier molecular flexibility index (Phi) is 5.84. The molecule has 2 aliphatic rings. The maximum Gasteiger partial charge on any atom is 0.303 e. The number of rotatable bonds is 9. The Labute approximate surface area is 176 Å². The van der Waals surface area contributed by atoms with Crippen molar-refractivity contribution >= 4 is 17.6 Å². The largest absolute Gasteiger partial charge is 0.481 e. The van der Waals surface area contributed by atoms with Crippen molar-refractivity contribution < 1.29 is 19.4 Å². The van der Waals surface area contributed by atoms with Crippen LogP contribution in [0.2, 0.25) is 5.02 Å². The zero-order valence-electron chi connectivity index (χ0n) is 16.5. The number of carboxylic acid groups (broad SMARTS) is 1. The van der Waals surface area contributed by atoms with Gasteiger partial charge in [-0.15, -0.1) is 0 Å². The summed E-state index contributed by atoms with van der Waals surface area (Å²) in [5.74, 6) is 0.853. The molecule has 0 saturated heterocycles. The molecule has 0 spiro atoms. The molecule has 0 radical (unpaired) electrons. The molecule has 2 aromatic carbocycles. The molecule has 154 valence electrons. The fourth-order valence-electron chi connectivity index (χ4n) is 5.00. The third-order valence-corrected chi connectivity index (χ3v) is 6.82. The van der Waals surface area contributed by atoms with Gasteiger partial charge >= 0.3 is 5.97 Å². The first-order chi connectivity index (χ1) is 14.0. The fourth-order valence-corrected chi connectivity index (χ4v) is 5.13. The average molecular weight is 415 g/mol. The van der Waals surface area contributed by atoms with Crippen molar-refractivity contribution in [2.75, 3.05) is 0 Å². The number of hydrogen-bond acceptors (Lipinski definition) is 3. The molecule has 5 heteroatoms. The Balaban J connectivity index is 1.37. The number of carbonyl (C=O) groups is 1. The maximum absolute atomic E-state index is 10.8. The predicted octanol–water partition coefficient (Wildman–Crippen LogP) is 6.61. The summed E-state index contributed by atoms with van der Waals surface area (Å²) in [5, 5.41) is 9.60. The number of carboxylic acids is 1. The van der Waals surface area contributed by atoms with Crippen LogP contribution in [0.5, 0.6) is 11.5 Å². The standard InChI is InChI=1S/C24H27ClO4/c25-19-7-9-20(10-8-19)29-21-5-2-1-4-18(21)16-28-24-14-12-23(17-24,13-15-24)11-3-6-22(26)27/h1-2,4-5,7-10H,3,6,11-17H2,(H,26,27). The van der Waals surface area contributed by atoms with Gasteiger partial charge in [0, 0.05) is 17.0 Å². The second-order valence-corrected chi connectivity index (χ2v) is 9.00. The zero-order valence-corrected chi connectivity index (χ0v) is 17.3. The summed E-state index contributed by atoms with van der Waals surface area (Å²) in [6.45, 7) is 0.523. The van der Waals surface area contributed by atoms with Gasteiger partial charge in [0.25, 0.3) is 0 Å². The van der Waals surface area contributed by atoms with Gasteiger partial charge in [0.1, 0.15) is 11.5 Å². The summed E-state index contributed by atoms with van der Waals surface area (Å²) in [6.07, 6.45) is 7.53. The van der Waals surface area contributed by atoms with Gasteiger partial charge in [0.15, 0.2) is 0 Å². The number of benzene rings is 2. The Hall–Kier alpha value is -2.04. The number of hydrogen-bond donors (Lipinski definition) is 1. The molecular formula is C24H27ClO4. The smallest absolute Gasteiger partial charge is 0.303 e.